The van der Waals surface area contributed by atoms with Crippen molar-refractivity contribution >= 4 is 34.4 Å². The number of aromatic nitrogens is 3. The summed E-state index contributed by atoms with van der Waals surface area (Å²) in [7, 11) is 0. The Morgan fingerprint density at radius 1 is 1.11 bits per heavy atom. The van der Waals surface area contributed by atoms with E-state index in [1.54, 1.807) is 36.1 Å². The molecule has 47 heavy (non-hydrogen) atoms. The Balaban J connectivity index is 1.62. The molecule has 0 bridgehead atoms. The minimum absolute atomic E-state index is 0.0177. The molecule has 8 nitrogen and oxygen atoms in total. The van der Waals surface area contributed by atoms with E-state index in [9.17, 15) is 14.0 Å². The third-order valence-electron chi connectivity index (χ3n) is 9.14. The van der Waals surface area contributed by atoms with Crippen LogP contribution in [0.2, 0.25) is 5.02 Å². The van der Waals surface area contributed by atoms with Gasteiger partial charge in [-0.2, -0.15) is 4.98 Å². The van der Waals surface area contributed by atoms with Gasteiger partial charge in [-0.15, -0.1) is 0 Å². The molecule has 4 aromatic rings. The summed E-state index contributed by atoms with van der Waals surface area (Å²) in [6.45, 7) is 15.0. The average Bonchev–Trinajstić information content (AvgIpc) is 3.01. The zero-order valence-electron chi connectivity index (χ0n) is 27.3. The molecule has 0 saturated carbocycles. The van der Waals surface area contributed by atoms with E-state index in [0.29, 0.717) is 36.5 Å². The maximum Gasteiger partial charge on any atom is 0.355 e. The number of alkyl halides is 1. The third kappa shape index (κ3) is 6.05. The van der Waals surface area contributed by atoms with Gasteiger partial charge in [0.2, 0.25) is 5.91 Å². The molecule has 2 aliphatic rings. The Kier molecular flexibility index (Phi) is 8.69. The monoisotopic (exact) mass is 660 g/mol. The lowest BCUT2D eigenvalue weighted by Gasteiger charge is -2.44. The van der Waals surface area contributed by atoms with Gasteiger partial charge < -0.3 is 9.80 Å². The van der Waals surface area contributed by atoms with Gasteiger partial charge >= 0.3 is 5.69 Å². The number of carbonyl (C=O) groups excluding carboxylic acids is 1. The van der Waals surface area contributed by atoms with Crippen molar-refractivity contribution in [2.75, 3.05) is 31.1 Å². The van der Waals surface area contributed by atoms with E-state index in [2.05, 4.69) is 11.6 Å². The average molecular weight is 661 g/mol. The molecule has 2 atom stereocenters. The molecule has 0 spiro atoms. The van der Waals surface area contributed by atoms with E-state index in [1.165, 1.54) is 16.7 Å². The summed E-state index contributed by atoms with van der Waals surface area (Å²) < 4.78 is 31.2. The van der Waals surface area contributed by atoms with E-state index < -0.39 is 17.2 Å². The normalized spacial score (nSPS) is 19.7. The van der Waals surface area contributed by atoms with Crippen molar-refractivity contribution in [2.45, 2.75) is 64.8 Å². The van der Waals surface area contributed by atoms with Crippen LogP contribution in [0.3, 0.4) is 0 Å². The van der Waals surface area contributed by atoms with Crippen molar-refractivity contribution in [1.82, 2.24) is 24.3 Å². The predicted molar refractivity (Wildman–Crippen MR) is 183 cm³/mol. The number of para-hydroxylation sites is 1. The standard InChI is InChI=1S/C36H39ClF2N6O2/c1-7-30(46)43-16-23(5)44(17-22(43)4)33-27-15-28(37)31(26-12-8-9-14-29(26)38)40-34(27)45(35(47)41-33)32-24(11-10-13-25(32)21(2)3)18-42-19-36(6,39)20-42/h7-15,21-23H,1,16-20H2,2-6H3. The molecule has 4 heterocycles. The summed E-state index contributed by atoms with van der Waals surface area (Å²) in [5.41, 5.74) is 1.21. The molecular formula is C36H39ClF2N6O2. The molecule has 2 aromatic heterocycles. The first-order valence-corrected chi connectivity index (χ1v) is 16.3. The van der Waals surface area contributed by atoms with Crippen LogP contribution in [-0.2, 0) is 11.3 Å². The van der Waals surface area contributed by atoms with E-state index in [4.69, 9.17) is 16.6 Å². The van der Waals surface area contributed by atoms with Crippen molar-refractivity contribution < 1.29 is 13.6 Å². The van der Waals surface area contributed by atoms with Gasteiger partial charge in [0.05, 0.1) is 21.8 Å². The van der Waals surface area contributed by atoms with Gasteiger partial charge in [-0.3, -0.25) is 9.69 Å². The Morgan fingerprint density at radius 2 is 1.83 bits per heavy atom. The molecule has 2 aliphatic heterocycles. The number of halogens is 3. The number of nitrogens with zero attached hydrogens (tertiary/aromatic N) is 6. The molecule has 2 saturated heterocycles. The molecule has 6 rings (SSSR count). The lowest BCUT2D eigenvalue weighted by molar-refractivity contribution is -0.128. The molecule has 0 N–H and O–H groups in total. The first-order valence-electron chi connectivity index (χ1n) is 15.9. The van der Waals surface area contributed by atoms with Crippen molar-refractivity contribution in [3.8, 4) is 16.9 Å². The number of carbonyl (C=O) groups is 1. The number of piperazine rings is 1. The van der Waals surface area contributed by atoms with Crippen molar-refractivity contribution in [3.05, 3.63) is 93.6 Å². The zero-order chi connectivity index (χ0) is 33.8. The number of likely N-dealkylation sites (tertiary alicyclic amines) is 1. The summed E-state index contributed by atoms with van der Waals surface area (Å²) in [5.74, 6) is -0.251. The fourth-order valence-corrected chi connectivity index (χ4v) is 7.18. The maximum atomic E-state index is 15.2. The van der Waals surface area contributed by atoms with Crippen LogP contribution in [0.5, 0.6) is 0 Å². The van der Waals surface area contributed by atoms with Gasteiger partial charge in [0.15, 0.2) is 5.65 Å². The summed E-state index contributed by atoms with van der Waals surface area (Å²) in [4.78, 5) is 42.4. The molecule has 2 aromatic carbocycles. The van der Waals surface area contributed by atoms with Gasteiger partial charge in [0.25, 0.3) is 0 Å². The fourth-order valence-electron chi connectivity index (χ4n) is 6.93. The van der Waals surface area contributed by atoms with Crippen LogP contribution < -0.4 is 10.6 Å². The smallest absolute Gasteiger partial charge is 0.349 e. The first-order chi connectivity index (χ1) is 22.3. The fraction of sp³-hybridized carbons (Fsp3) is 0.389. The molecule has 2 fully saturated rings. The highest BCUT2D eigenvalue weighted by molar-refractivity contribution is 6.33. The van der Waals surface area contributed by atoms with Gasteiger partial charge in [0, 0.05) is 50.4 Å². The first kappa shape index (κ1) is 32.8. The quantitative estimate of drug-likeness (QED) is 0.210. The van der Waals surface area contributed by atoms with E-state index in [0.717, 1.165) is 11.1 Å². The van der Waals surface area contributed by atoms with Crippen LogP contribution in [0, 0.1) is 5.82 Å². The number of hydrogen-bond acceptors (Lipinski definition) is 6. The Hall–Kier alpha value is -4.15. The molecule has 1 amide bonds. The molecule has 246 valence electrons. The van der Waals surface area contributed by atoms with Gasteiger partial charge in [-0.05, 0) is 62.1 Å². The number of anilines is 1. The highest BCUT2D eigenvalue weighted by atomic mass is 35.5. The minimum atomic E-state index is -1.26. The highest BCUT2D eigenvalue weighted by Crippen LogP contribution is 2.38. The Labute approximate surface area is 278 Å². The maximum absolute atomic E-state index is 15.2. The van der Waals surface area contributed by atoms with Crippen LogP contribution in [0.4, 0.5) is 14.6 Å². The second-order valence-electron chi connectivity index (χ2n) is 13.3. The Bertz CT molecular complexity index is 1940. The lowest BCUT2D eigenvalue weighted by atomic mass is 9.94. The van der Waals surface area contributed by atoms with Crippen LogP contribution in [0.1, 0.15) is 51.7 Å². The van der Waals surface area contributed by atoms with Crippen LogP contribution in [0.15, 0.2) is 66.0 Å². The summed E-state index contributed by atoms with van der Waals surface area (Å²) in [6.07, 6.45) is 1.31. The van der Waals surface area contributed by atoms with Gasteiger partial charge in [-0.25, -0.2) is 23.1 Å². The van der Waals surface area contributed by atoms with Gasteiger partial charge in [-0.1, -0.05) is 62.4 Å². The van der Waals surface area contributed by atoms with Crippen LogP contribution >= 0.6 is 11.6 Å². The highest BCUT2D eigenvalue weighted by Gasteiger charge is 2.39. The van der Waals surface area contributed by atoms with E-state index in [-0.39, 0.29) is 58.9 Å². The number of pyridine rings is 1. The molecule has 2 unspecified atom stereocenters. The predicted octanol–water partition coefficient (Wildman–Crippen LogP) is 6.52. The van der Waals surface area contributed by atoms with Crippen LogP contribution in [0.25, 0.3) is 28.0 Å². The van der Waals surface area contributed by atoms with Gasteiger partial charge in [0.1, 0.15) is 17.3 Å². The van der Waals surface area contributed by atoms with Crippen LogP contribution in [-0.4, -0.2) is 74.2 Å². The van der Waals surface area contributed by atoms with Crippen molar-refractivity contribution in [2.24, 2.45) is 0 Å². The second kappa shape index (κ2) is 12.5. The number of amides is 1. The number of fused-ring (bicyclic) bond motifs is 1. The summed E-state index contributed by atoms with van der Waals surface area (Å²) in [5, 5.41) is 0.722. The SMILES string of the molecule is C=CC(=O)N1CC(C)N(c2nc(=O)n(-c3c(CN4CC(C)(F)C4)cccc3C(C)C)c3nc(-c4ccccc4F)c(Cl)cc23)CC1C. The summed E-state index contributed by atoms with van der Waals surface area (Å²) in [6, 6.07) is 13.4. The zero-order valence-corrected chi connectivity index (χ0v) is 28.1. The summed E-state index contributed by atoms with van der Waals surface area (Å²) >= 11 is 6.87. The lowest BCUT2D eigenvalue weighted by Crippen LogP contribution is -2.58. The number of rotatable bonds is 7. The minimum Gasteiger partial charge on any atom is -0.349 e. The van der Waals surface area contributed by atoms with E-state index >= 15 is 4.39 Å². The van der Waals surface area contributed by atoms with Crippen molar-refractivity contribution in [1.29, 1.82) is 0 Å². The Morgan fingerprint density at radius 3 is 2.49 bits per heavy atom. The molecule has 11 heteroatoms. The molecule has 0 aliphatic carbocycles. The molecule has 0 radical (unpaired) electrons. The number of hydrogen-bond donors (Lipinski definition) is 0. The largest absolute Gasteiger partial charge is 0.355 e. The second-order valence-corrected chi connectivity index (χ2v) is 13.7. The van der Waals surface area contributed by atoms with E-state index in [1.807, 2.05) is 55.7 Å². The topological polar surface area (TPSA) is 74.6 Å². The third-order valence-corrected chi connectivity index (χ3v) is 9.43. The van der Waals surface area contributed by atoms with Crippen molar-refractivity contribution in [3.63, 3.8) is 0 Å². The molecular weight excluding hydrogens is 622 g/mol. The number of benzene rings is 2.